The van der Waals surface area contributed by atoms with E-state index in [1.165, 1.54) is 4.90 Å². The van der Waals surface area contributed by atoms with Gasteiger partial charge in [-0.15, -0.1) is 0 Å². The number of nitrogens with one attached hydrogen (secondary N) is 1. The third-order valence-electron chi connectivity index (χ3n) is 6.72. The van der Waals surface area contributed by atoms with Crippen LogP contribution in [0.25, 0.3) is 11.1 Å². The zero-order valence-electron chi connectivity index (χ0n) is 19.4. The second kappa shape index (κ2) is 9.10. The normalized spacial score (nSPS) is 17.0. The molecule has 180 valence electrons. The van der Waals surface area contributed by atoms with Crippen LogP contribution >= 0.6 is 0 Å². The molecule has 34 heavy (non-hydrogen) atoms. The van der Waals surface area contributed by atoms with E-state index >= 15 is 0 Å². The molecule has 1 aliphatic heterocycles. The Morgan fingerprint density at radius 3 is 2.09 bits per heavy atom. The van der Waals surface area contributed by atoms with Crippen LogP contribution in [-0.4, -0.2) is 63.9 Å². The van der Waals surface area contributed by atoms with Crippen LogP contribution < -0.4 is 5.32 Å². The molecule has 1 aliphatic carbocycles. The molecule has 2 aliphatic rings. The molecular weight excluding hydrogens is 436 g/mol. The minimum Gasteiger partial charge on any atom is -0.479 e. The van der Waals surface area contributed by atoms with Gasteiger partial charge in [0.05, 0.1) is 0 Å². The topological polar surface area (TPSA) is 116 Å². The van der Waals surface area contributed by atoms with Crippen molar-refractivity contribution in [2.24, 2.45) is 0 Å². The molecule has 1 heterocycles. The summed E-state index contributed by atoms with van der Waals surface area (Å²) >= 11 is 0. The quantitative estimate of drug-likeness (QED) is 0.602. The number of alkyl carbamates (subject to hydrolysis) is 1. The minimum atomic E-state index is -1.79. The second-order valence-corrected chi connectivity index (χ2v) is 9.73. The summed E-state index contributed by atoms with van der Waals surface area (Å²) in [5.41, 5.74) is 1.89. The van der Waals surface area contributed by atoms with Gasteiger partial charge in [0, 0.05) is 43.8 Å². The van der Waals surface area contributed by atoms with E-state index < -0.39 is 23.2 Å². The fourth-order valence-electron chi connectivity index (χ4n) is 4.78. The van der Waals surface area contributed by atoms with E-state index in [0.29, 0.717) is 0 Å². The minimum absolute atomic E-state index is 0.0195. The van der Waals surface area contributed by atoms with Gasteiger partial charge in [0.1, 0.15) is 6.61 Å². The number of piperidine rings is 1. The summed E-state index contributed by atoms with van der Waals surface area (Å²) in [5, 5.41) is 22.0. The first-order chi connectivity index (χ1) is 16.1. The number of carbonyl (C=O) groups excluding carboxylic acids is 2. The second-order valence-electron chi connectivity index (χ2n) is 9.73. The molecule has 8 nitrogen and oxygen atoms in total. The van der Waals surface area contributed by atoms with Crippen LogP contribution in [0.5, 0.6) is 0 Å². The van der Waals surface area contributed by atoms with Crippen LogP contribution in [0.1, 0.15) is 50.2 Å². The number of benzene rings is 2. The first kappa shape index (κ1) is 23.8. The SMILES string of the molecule is CC(C)(CC(=O)N1CCC(O)(C(=O)O)CC1)NC(=O)OCC1c2ccccc2-c2ccccc21. The number of hydrogen-bond acceptors (Lipinski definition) is 5. The molecule has 4 rings (SSSR count). The van der Waals surface area contributed by atoms with Crippen molar-refractivity contribution in [1.82, 2.24) is 10.2 Å². The first-order valence-corrected chi connectivity index (χ1v) is 11.5. The van der Waals surface area contributed by atoms with Crippen molar-refractivity contribution in [3.63, 3.8) is 0 Å². The van der Waals surface area contributed by atoms with Gasteiger partial charge in [0.25, 0.3) is 0 Å². The van der Waals surface area contributed by atoms with Crippen molar-refractivity contribution in [3.05, 3.63) is 59.7 Å². The molecule has 2 aromatic rings. The number of carboxylic acid groups (broad SMARTS) is 1. The third-order valence-corrected chi connectivity index (χ3v) is 6.72. The highest BCUT2D eigenvalue weighted by atomic mass is 16.5. The molecule has 0 aromatic heterocycles. The maximum absolute atomic E-state index is 12.7. The lowest BCUT2D eigenvalue weighted by Crippen LogP contribution is -2.53. The van der Waals surface area contributed by atoms with Gasteiger partial charge in [-0.05, 0) is 36.1 Å². The van der Waals surface area contributed by atoms with Gasteiger partial charge in [-0.1, -0.05) is 48.5 Å². The number of aliphatic carboxylic acids is 1. The third kappa shape index (κ3) is 4.77. The van der Waals surface area contributed by atoms with Crippen molar-refractivity contribution >= 4 is 18.0 Å². The Morgan fingerprint density at radius 1 is 1.03 bits per heavy atom. The number of aliphatic hydroxyl groups is 1. The monoisotopic (exact) mass is 466 g/mol. The molecule has 0 bridgehead atoms. The largest absolute Gasteiger partial charge is 0.479 e. The Hall–Kier alpha value is -3.39. The van der Waals surface area contributed by atoms with E-state index in [9.17, 15) is 19.5 Å². The van der Waals surface area contributed by atoms with Crippen LogP contribution in [0.4, 0.5) is 4.79 Å². The number of carbonyl (C=O) groups is 3. The molecular formula is C26H30N2O6. The number of ether oxygens (including phenoxy) is 1. The molecule has 3 N–H and O–H groups in total. The zero-order valence-corrected chi connectivity index (χ0v) is 19.4. The van der Waals surface area contributed by atoms with Gasteiger partial charge in [0.2, 0.25) is 5.91 Å². The molecule has 2 aromatic carbocycles. The van der Waals surface area contributed by atoms with E-state index in [2.05, 4.69) is 17.4 Å². The molecule has 8 heteroatoms. The first-order valence-electron chi connectivity index (χ1n) is 11.5. The van der Waals surface area contributed by atoms with Gasteiger partial charge in [-0.2, -0.15) is 0 Å². The predicted molar refractivity (Wildman–Crippen MR) is 125 cm³/mol. The lowest BCUT2D eigenvalue weighted by Gasteiger charge is -2.37. The van der Waals surface area contributed by atoms with E-state index in [1.54, 1.807) is 13.8 Å². The smallest absolute Gasteiger partial charge is 0.407 e. The Bertz CT molecular complexity index is 1060. The average Bonchev–Trinajstić information content (AvgIpc) is 3.11. The van der Waals surface area contributed by atoms with Crippen molar-refractivity contribution in [3.8, 4) is 11.1 Å². The summed E-state index contributed by atoms with van der Waals surface area (Å²) in [4.78, 5) is 38.0. The maximum Gasteiger partial charge on any atom is 0.407 e. The number of amides is 2. The lowest BCUT2D eigenvalue weighted by atomic mass is 9.91. The number of rotatable bonds is 6. The molecule has 0 atom stereocenters. The van der Waals surface area contributed by atoms with Crippen molar-refractivity contribution < 1.29 is 29.3 Å². The number of nitrogens with zero attached hydrogens (tertiary/aromatic N) is 1. The van der Waals surface area contributed by atoms with Crippen LogP contribution in [0, 0.1) is 0 Å². The fourth-order valence-corrected chi connectivity index (χ4v) is 4.78. The molecule has 0 radical (unpaired) electrons. The van der Waals surface area contributed by atoms with Crippen molar-refractivity contribution in [2.45, 2.75) is 50.2 Å². The molecule has 1 saturated heterocycles. The Balaban J connectivity index is 1.32. The van der Waals surface area contributed by atoms with Crippen LogP contribution in [0.3, 0.4) is 0 Å². The predicted octanol–water partition coefficient (Wildman–Crippen LogP) is 3.13. The summed E-state index contributed by atoms with van der Waals surface area (Å²) in [6.45, 7) is 3.98. The number of hydrogen-bond donors (Lipinski definition) is 3. The Labute approximate surface area is 198 Å². The van der Waals surface area contributed by atoms with Gasteiger partial charge in [-0.25, -0.2) is 9.59 Å². The highest BCUT2D eigenvalue weighted by Crippen LogP contribution is 2.44. The van der Waals surface area contributed by atoms with Gasteiger partial charge >= 0.3 is 12.1 Å². The molecule has 0 unspecified atom stereocenters. The van der Waals surface area contributed by atoms with E-state index in [-0.39, 0.29) is 50.8 Å². The van der Waals surface area contributed by atoms with Gasteiger partial charge < -0.3 is 25.2 Å². The van der Waals surface area contributed by atoms with Gasteiger partial charge in [-0.3, -0.25) is 4.79 Å². The Morgan fingerprint density at radius 2 is 1.56 bits per heavy atom. The number of likely N-dealkylation sites (tertiary alicyclic amines) is 1. The van der Waals surface area contributed by atoms with E-state index in [0.717, 1.165) is 22.3 Å². The Kier molecular flexibility index (Phi) is 6.36. The van der Waals surface area contributed by atoms with E-state index in [4.69, 9.17) is 9.84 Å². The molecule has 0 saturated carbocycles. The molecule has 0 spiro atoms. The van der Waals surface area contributed by atoms with Crippen LogP contribution in [-0.2, 0) is 14.3 Å². The summed E-state index contributed by atoms with van der Waals surface area (Å²) < 4.78 is 5.58. The summed E-state index contributed by atoms with van der Waals surface area (Å²) in [6.07, 6.45) is -0.607. The summed E-state index contributed by atoms with van der Waals surface area (Å²) in [7, 11) is 0. The van der Waals surface area contributed by atoms with Crippen LogP contribution in [0.2, 0.25) is 0 Å². The number of fused-ring (bicyclic) bond motifs is 3. The van der Waals surface area contributed by atoms with Crippen molar-refractivity contribution in [1.29, 1.82) is 0 Å². The number of carboxylic acids is 1. The van der Waals surface area contributed by atoms with E-state index in [1.807, 2.05) is 36.4 Å². The molecule has 1 fully saturated rings. The zero-order chi connectivity index (χ0) is 24.5. The van der Waals surface area contributed by atoms with Crippen LogP contribution in [0.15, 0.2) is 48.5 Å². The fraction of sp³-hybridized carbons (Fsp3) is 0.423. The summed E-state index contributed by atoms with van der Waals surface area (Å²) in [5.74, 6) is -1.53. The average molecular weight is 467 g/mol. The van der Waals surface area contributed by atoms with Crippen molar-refractivity contribution in [2.75, 3.05) is 19.7 Å². The highest BCUT2D eigenvalue weighted by molar-refractivity contribution is 5.81. The maximum atomic E-state index is 12.7. The molecule has 2 amide bonds. The van der Waals surface area contributed by atoms with Gasteiger partial charge in [0.15, 0.2) is 5.60 Å². The standard InChI is InChI=1S/C26H30N2O6/c1-25(2,15-22(29)28-13-11-26(33,12-14-28)23(30)31)27-24(32)34-16-21-19-9-5-3-7-17(19)18-8-4-6-10-20(18)21/h3-10,21,33H,11-16H2,1-2H3,(H,27,32)(H,30,31). The lowest BCUT2D eigenvalue weighted by molar-refractivity contribution is -0.165. The highest BCUT2D eigenvalue weighted by Gasteiger charge is 2.41. The summed E-state index contributed by atoms with van der Waals surface area (Å²) in [6, 6.07) is 16.2.